The van der Waals surface area contributed by atoms with Gasteiger partial charge >= 0.3 is 0 Å². The third-order valence-electron chi connectivity index (χ3n) is 2.30. The van der Waals surface area contributed by atoms with E-state index in [1.807, 2.05) is 0 Å². The summed E-state index contributed by atoms with van der Waals surface area (Å²) in [6.07, 6.45) is 2.45. The Hall–Kier alpha value is -0.120. The lowest BCUT2D eigenvalue weighted by atomic mass is 9.92. The summed E-state index contributed by atoms with van der Waals surface area (Å²) in [5.74, 6) is 0.357. The van der Waals surface area contributed by atoms with Crippen molar-refractivity contribution in [2.45, 2.75) is 25.4 Å². The van der Waals surface area contributed by atoms with Crippen LogP contribution in [0.2, 0.25) is 0 Å². The first-order valence-corrected chi connectivity index (χ1v) is 4.34. The first-order chi connectivity index (χ1) is 5.34. The molecule has 0 amide bonds. The Balaban J connectivity index is 2.21. The van der Waals surface area contributed by atoms with E-state index in [2.05, 4.69) is 5.32 Å². The highest BCUT2D eigenvalue weighted by Crippen LogP contribution is 2.15. The minimum atomic E-state index is -0.312. The van der Waals surface area contributed by atoms with Crippen molar-refractivity contribution in [2.24, 2.45) is 5.92 Å². The monoisotopic (exact) mass is 159 g/mol. The van der Waals surface area contributed by atoms with Gasteiger partial charge in [0.1, 0.15) is 0 Å². The summed E-state index contributed by atoms with van der Waals surface area (Å²) in [6.45, 7) is 2.07. The van der Waals surface area contributed by atoms with E-state index in [1.165, 1.54) is 0 Å². The molecule has 0 unspecified atom stereocenters. The Bertz CT molecular complexity index is 102. The Morgan fingerprint density at radius 3 is 2.91 bits per heavy atom. The fourth-order valence-electron chi connectivity index (χ4n) is 1.58. The van der Waals surface area contributed by atoms with Crippen molar-refractivity contribution in [2.75, 3.05) is 19.7 Å². The highest BCUT2D eigenvalue weighted by molar-refractivity contribution is 4.75. The van der Waals surface area contributed by atoms with Gasteiger partial charge in [-0.05, 0) is 31.7 Å². The maximum absolute atomic E-state index is 9.47. The maximum atomic E-state index is 9.47. The summed E-state index contributed by atoms with van der Waals surface area (Å²) in [5, 5.41) is 21.3. The maximum Gasteiger partial charge on any atom is 0.0602 e. The van der Waals surface area contributed by atoms with Gasteiger partial charge in [-0.2, -0.15) is 0 Å². The largest absolute Gasteiger partial charge is 0.396 e. The number of aliphatic hydroxyl groups is 2. The van der Waals surface area contributed by atoms with Crippen molar-refractivity contribution < 1.29 is 10.2 Å². The van der Waals surface area contributed by atoms with E-state index in [0.29, 0.717) is 12.3 Å². The van der Waals surface area contributed by atoms with Gasteiger partial charge < -0.3 is 15.5 Å². The van der Waals surface area contributed by atoms with Crippen LogP contribution in [0.15, 0.2) is 0 Å². The third kappa shape index (κ3) is 2.77. The third-order valence-corrected chi connectivity index (χ3v) is 2.30. The molecule has 11 heavy (non-hydrogen) atoms. The molecule has 0 aromatic rings. The first kappa shape index (κ1) is 8.97. The van der Waals surface area contributed by atoms with Gasteiger partial charge in [0.25, 0.3) is 0 Å². The smallest absolute Gasteiger partial charge is 0.0602 e. The fourth-order valence-corrected chi connectivity index (χ4v) is 1.58. The second-order valence-corrected chi connectivity index (χ2v) is 3.19. The summed E-state index contributed by atoms with van der Waals surface area (Å²) in [5.41, 5.74) is 0. The zero-order valence-corrected chi connectivity index (χ0v) is 6.79. The molecule has 1 aliphatic heterocycles. The molecule has 0 radical (unpaired) electrons. The molecule has 0 aromatic heterocycles. The van der Waals surface area contributed by atoms with Crippen molar-refractivity contribution in [3.8, 4) is 0 Å². The van der Waals surface area contributed by atoms with Crippen LogP contribution in [0.5, 0.6) is 0 Å². The second-order valence-electron chi connectivity index (χ2n) is 3.19. The van der Waals surface area contributed by atoms with Crippen LogP contribution in [0.4, 0.5) is 0 Å². The number of rotatable bonds is 3. The zero-order valence-electron chi connectivity index (χ0n) is 6.79. The van der Waals surface area contributed by atoms with E-state index >= 15 is 0 Å². The van der Waals surface area contributed by atoms with Gasteiger partial charge in [-0.3, -0.25) is 0 Å². The molecule has 3 heteroatoms. The summed E-state index contributed by atoms with van der Waals surface area (Å²) < 4.78 is 0. The van der Waals surface area contributed by atoms with Crippen molar-refractivity contribution in [3.05, 3.63) is 0 Å². The van der Waals surface area contributed by atoms with E-state index in [1.54, 1.807) is 0 Å². The Kier molecular flexibility index (Phi) is 3.83. The number of hydrogen-bond donors (Lipinski definition) is 3. The lowest BCUT2D eigenvalue weighted by Gasteiger charge is -2.26. The molecule has 2 atom stereocenters. The molecule has 66 valence electrons. The molecule has 0 aliphatic carbocycles. The van der Waals surface area contributed by atoms with Crippen LogP contribution in [-0.4, -0.2) is 36.0 Å². The molecule has 1 rings (SSSR count). The van der Waals surface area contributed by atoms with Crippen LogP contribution >= 0.6 is 0 Å². The lowest BCUT2D eigenvalue weighted by Crippen LogP contribution is -2.37. The van der Waals surface area contributed by atoms with Crippen LogP contribution in [-0.2, 0) is 0 Å². The SMILES string of the molecule is OCC[C@H](O)[C@H]1CCCNC1. The van der Waals surface area contributed by atoms with Gasteiger partial charge in [-0.15, -0.1) is 0 Å². The lowest BCUT2D eigenvalue weighted by molar-refractivity contribution is 0.0667. The molecule has 0 bridgehead atoms. The zero-order chi connectivity index (χ0) is 8.10. The standard InChI is InChI=1S/C8H17NO2/c10-5-3-8(11)7-2-1-4-9-6-7/h7-11H,1-6H2/t7-,8-/m0/s1. The molecule has 0 spiro atoms. The van der Waals surface area contributed by atoms with E-state index in [-0.39, 0.29) is 12.7 Å². The van der Waals surface area contributed by atoms with Gasteiger partial charge in [0.2, 0.25) is 0 Å². The number of nitrogens with one attached hydrogen (secondary N) is 1. The highest BCUT2D eigenvalue weighted by Gasteiger charge is 2.20. The van der Waals surface area contributed by atoms with Gasteiger partial charge in [0, 0.05) is 13.2 Å². The van der Waals surface area contributed by atoms with Gasteiger partial charge in [0.15, 0.2) is 0 Å². The molecule has 3 N–H and O–H groups in total. The minimum Gasteiger partial charge on any atom is -0.396 e. The van der Waals surface area contributed by atoms with Crippen LogP contribution in [0.3, 0.4) is 0 Å². The number of piperidine rings is 1. The summed E-state index contributed by atoms with van der Waals surface area (Å²) in [4.78, 5) is 0. The molecule has 1 saturated heterocycles. The average Bonchev–Trinajstić information content (AvgIpc) is 2.07. The van der Waals surface area contributed by atoms with Crippen LogP contribution in [0.1, 0.15) is 19.3 Å². The molecular formula is C8H17NO2. The van der Waals surface area contributed by atoms with Crippen molar-refractivity contribution in [3.63, 3.8) is 0 Å². The van der Waals surface area contributed by atoms with Crippen LogP contribution < -0.4 is 5.32 Å². The molecule has 1 aliphatic rings. The summed E-state index contributed by atoms with van der Waals surface area (Å²) in [6, 6.07) is 0. The highest BCUT2D eigenvalue weighted by atomic mass is 16.3. The molecule has 0 saturated carbocycles. The average molecular weight is 159 g/mol. The molecule has 0 aromatic carbocycles. The Labute approximate surface area is 67.4 Å². The van der Waals surface area contributed by atoms with Gasteiger partial charge in [-0.1, -0.05) is 0 Å². The van der Waals surface area contributed by atoms with Crippen molar-refractivity contribution in [1.82, 2.24) is 5.32 Å². The van der Waals surface area contributed by atoms with E-state index in [0.717, 1.165) is 25.9 Å². The van der Waals surface area contributed by atoms with E-state index < -0.39 is 0 Å². The summed E-state index contributed by atoms with van der Waals surface area (Å²) >= 11 is 0. The molecule has 3 nitrogen and oxygen atoms in total. The van der Waals surface area contributed by atoms with E-state index in [9.17, 15) is 5.11 Å². The number of hydrogen-bond acceptors (Lipinski definition) is 3. The predicted molar refractivity (Wildman–Crippen MR) is 43.3 cm³/mol. The quantitative estimate of drug-likeness (QED) is 0.531. The number of aliphatic hydroxyl groups excluding tert-OH is 2. The van der Waals surface area contributed by atoms with Crippen LogP contribution in [0.25, 0.3) is 0 Å². The van der Waals surface area contributed by atoms with Gasteiger partial charge in [-0.25, -0.2) is 0 Å². The minimum absolute atomic E-state index is 0.0949. The predicted octanol–water partition coefficient (Wildman–Crippen LogP) is -0.271. The van der Waals surface area contributed by atoms with Crippen LogP contribution in [0, 0.1) is 5.92 Å². The van der Waals surface area contributed by atoms with E-state index in [4.69, 9.17) is 5.11 Å². The molecular weight excluding hydrogens is 142 g/mol. The normalized spacial score (nSPS) is 28.4. The molecule has 1 fully saturated rings. The first-order valence-electron chi connectivity index (χ1n) is 4.34. The van der Waals surface area contributed by atoms with Crippen molar-refractivity contribution in [1.29, 1.82) is 0 Å². The fraction of sp³-hybridized carbons (Fsp3) is 1.00. The van der Waals surface area contributed by atoms with Crippen molar-refractivity contribution >= 4 is 0 Å². The van der Waals surface area contributed by atoms with Gasteiger partial charge in [0.05, 0.1) is 6.10 Å². The second kappa shape index (κ2) is 4.70. The summed E-state index contributed by atoms with van der Waals surface area (Å²) in [7, 11) is 0. The molecule has 1 heterocycles. The Morgan fingerprint density at radius 2 is 2.36 bits per heavy atom. The Morgan fingerprint density at radius 1 is 1.55 bits per heavy atom. The topological polar surface area (TPSA) is 52.5 Å².